The molecule has 0 bridgehead atoms. The van der Waals surface area contributed by atoms with Crippen molar-refractivity contribution < 1.29 is 19.4 Å². The zero-order chi connectivity index (χ0) is 18.1. The first kappa shape index (κ1) is 18.0. The predicted molar refractivity (Wildman–Crippen MR) is 93.6 cm³/mol. The maximum Gasteiger partial charge on any atom is 0.321 e. The quantitative estimate of drug-likeness (QED) is 0.712. The van der Waals surface area contributed by atoms with E-state index in [2.05, 4.69) is 12.2 Å². The van der Waals surface area contributed by atoms with Crippen LogP contribution in [0.4, 0.5) is 0 Å². The maximum atomic E-state index is 11.8. The van der Waals surface area contributed by atoms with Crippen molar-refractivity contribution in [2.75, 3.05) is 6.79 Å². The van der Waals surface area contributed by atoms with E-state index in [-0.39, 0.29) is 25.0 Å². The minimum absolute atomic E-state index is 0.0755. The van der Waals surface area contributed by atoms with Gasteiger partial charge in [-0.3, -0.25) is 15.0 Å². The Bertz CT molecular complexity index is 649. The Morgan fingerprint density at radius 3 is 2.56 bits per heavy atom. The van der Waals surface area contributed by atoms with Crippen LogP contribution in [-0.2, 0) is 17.8 Å². The maximum absolute atomic E-state index is 11.8. The largest absolute Gasteiger partial charge is 0.480 e. The van der Waals surface area contributed by atoms with Crippen LogP contribution in [0.15, 0.2) is 12.1 Å². The van der Waals surface area contributed by atoms with E-state index in [4.69, 9.17) is 15.2 Å². The van der Waals surface area contributed by atoms with Crippen molar-refractivity contribution in [1.29, 1.82) is 0 Å². The Balaban J connectivity index is 1.79. The van der Waals surface area contributed by atoms with Crippen molar-refractivity contribution in [2.45, 2.75) is 64.4 Å². The van der Waals surface area contributed by atoms with E-state index < -0.39 is 12.0 Å². The second kappa shape index (κ2) is 7.19. The molecule has 0 saturated heterocycles. The first-order valence-electron chi connectivity index (χ1n) is 8.76. The molecular weight excluding hydrogens is 322 g/mol. The molecule has 2 aliphatic rings. The van der Waals surface area contributed by atoms with Gasteiger partial charge in [-0.15, -0.1) is 0 Å². The molecule has 1 aromatic rings. The van der Waals surface area contributed by atoms with E-state index in [0.717, 1.165) is 23.3 Å². The van der Waals surface area contributed by atoms with Gasteiger partial charge in [0.25, 0.3) is 0 Å². The minimum Gasteiger partial charge on any atom is -0.480 e. The molecule has 4 N–H and O–H groups in total. The number of carboxylic acid groups (broad SMARTS) is 1. The summed E-state index contributed by atoms with van der Waals surface area (Å²) < 4.78 is 10.9. The van der Waals surface area contributed by atoms with Gasteiger partial charge in [0.05, 0.1) is 6.17 Å². The van der Waals surface area contributed by atoms with Gasteiger partial charge in [-0.05, 0) is 56.9 Å². The molecule has 2 aliphatic heterocycles. The highest BCUT2D eigenvalue weighted by Crippen LogP contribution is 2.38. The number of nitrogens with one attached hydrogen (secondary N) is 1. The molecule has 0 radical (unpaired) electrons. The van der Waals surface area contributed by atoms with Gasteiger partial charge in [0.1, 0.15) is 6.04 Å². The molecule has 7 heteroatoms. The van der Waals surface area contributed by atoms with Crippen molar-refractivity contribution in [3.8, 4) is 11.5 Å². The first-order valence-corrected chi connectivity index (χ1v) is 8.76. The third kappa shape index (κ3) is 3.89. The summed E-state index contributed by atoms with van der Waals surface area (Å²) in [4.78, 5) is 13.8. The number of carboxylic acids is 1. The minimum atomic E-state index is -0.809. The Kier molecular flexibility index (Phi) is 5.17. The molecule has 25 heavy (non-hydrogen) atoms. The van der Waals surface area contributed by atoms with Gasteiger partial charge in [-0.1, -0.05) is 0 Å². The van der Waals surface area contributed by atoms with Crippen LogP contribution in [-0.4, -0.2) is 47.1 Å². The highest BCUT2D eigenvalue weighted by atomic mass is 16.7. The van der Waals surface area contributed by atoms with Crippen molar-refractivity contribution in [2.24, 2.45) is 5.73 Å². The number of rotatable bonds is 6. The Labute approximate surface area is 148 Å². The second-order valence-corrected chi connectivity index (χ2v) is 7.16. The molecule has 2 heterocycles. The smallest absolute Gasteiger partial charge is 0.321 e. The average molecular weight is 349 g/mol. The first-order chi connectivity index (χ1) is 11.8. The summed E-state index contributed by atoms with van der Waals surface area (Å²) in [6.45, 7) is 6.83. The zero-order valence-electron chi connectivity index (χ0n) is 15.0. The molecule has 0 saturated carbocycles. The van der Waals surface area contributed by atoms with E-state index >= 15 is 0 Å². The molecule has 1 aromatic carbocycles. The summed E-state index contributed by atoms with van der Waals surface area (Å²) in [5.74, 6) is 0.628. The van der Waals surface area contributed by atoms with Crippen LogP contribution in [0.25, 0.3) is 0 Å². The second-order valence-electron chi connectivity index (χ2n) is 7.16. The van der Waals surface area contributed by atoms with Gasteiger partial charge >= 0.3 is 5.97 Å². The molecule has 0 spiro atoms. The van der Waals surface area contributed by atoms with Crippen LogP contribution in [0, 0.1) is 0 Å². The normalized spacial score (nSPS) is 23.0. The van der Waals surface area contributed by atoms with Crippen molar-refractivity contribution >= 4 is 5.97 Å². The summed E-state index contributed by atoms with van der Waals surface area (Å²) in [5, 5.41) is 13.2. The highest BCUT2D eigenvalue weighted by Gasteiger charge is 2.35. The molecule has 0 aliphatic carbocycles. The summed E-state index contributed by atoms with van der Waals surface area (Å²) >= 11 is 0. The topological polar surface area (TPSA) is 97.1 Å². The molecule has 0 aromatic heterocycles. The number of aliphatic carboxylic acids is 1. The molecule has 0 amide bonds. The lowest BCUT2D eigenvalue weighted by atomic mass is 9.92. The third-order valence-electron chi connectivity index (χ3n) is 4.89. The number of nitrogens with two attached hydrogens (primary N) is 1. The van der Waals surface area contributed by atoms with E-state index in [9.17, 15) is 9.90 Å². The standard InChI is InChI=1S/C18H27N3O4/c1-10(19)4-11(2)20-12(3)21-8-14-7-17-16(24-9-25-17)6-13(14)5-15(21)18(22)23/h6-7,10-12,15,20H,4-5,8-9,19H2,1-3H3,(H,22,23). The van der Waals surface area contributed by atoms with Crippen LogP contribution < -0.4 is 20.5 Å². The van der Waals surface area contributed by atoms with Crippen LogP contribution in [0.3, 0.4) is 0 Å². The van der Waals surface area contributed by atoms with Crippen LogP contribution in [0.2, 0.25) is 0 Å². The van der Waals surface area contributed by atoms with Gasteiger partial charge in [0, 0.05) is 18.6 Å². The molecule has 3 rings (SSSR count). The summed E-state index contributed by atoms with van der Waals surface area (Å²) in [6, 6.07) is 3.63. The molecule has 4 atom stereocenters. The lowest BCUT2D eigenvalue weighted by molar-refractivity contribution is -0.145. The Morgan fingerprint density at radius 1 is 1.32 bits per heavy atom. The van der Waals surface area contributed by atoms with Crippen LogP contribution >= 0.6 is 0 Å². The molecular formula is C18H27N3O4. The molecule has 7 nitrogen and oxygen atoms in total. The van der Waals surface area contributed by atoms with Crippen molar-refractivity contribution in [1.82, 2.24) is 10.2 Å². The Hall–Kier alpha value is -1.83. The molecule has 0 fully saturated rings. The van der Waals surface area contributed by atoms with E-state index in [0.29, 0.717) is 18.7 Å². The fourth-order valence-electron chi connectivity index (χ4n) is 3.77. The number of benzene rings is 1. The van der Waals surface area contributed by atoms with Crippen LogP contribution in [0.5, 0.6) is 11.5 Å². The number of fused-ring (bicyclic) bond motifs is 2. The van der Waals surface area contributed by atoms with Crippen molar-refractivity contribution in [3.63, 3.8) is 0 Å². The predicted octanol–water partition coefficient (Wildman–Crippen LogP) is 1.29. The Morgan fingerprint density at radius 2 is 1.96 bits per heavy atom. The van der Waals surface area contributed by atoms with Gasteiger partial charge < -0.3 is 20.3 Å². The van der Waals surface area contributed by atoms with Gasteiger partial charge in [0.2, 0.25) is 6.79 Å². The third-order valence-corrected chi connectivity index (χ3v) is 4.89. The van der Waals surface area contributed by atoms with Crippen LogP contribution in [0.1, 0.15) is 38.3 Å². The summed E-state index contributed by atoms with van der Waals surface area (Å²) in [6.07, 6.45) is 1.22. The number of nitrogens with zero attached hydrogens (tertiary/aromatic N) is 1. The lowest BCUT2D eigenvalue weighted by Gasteiger charge is -2.40. The molecule has 4 unspecified atom stereocenters. The van der Waals surface area contributed by atoms with Gasteiger partial charge in [-0.2, -0.15) is 0 Å². The highest BCUT2D eigenvalue weighted by molar-refractivity contribution is 5.74. The van der Waals surface area contributed by atoms with Gasteiger partial charge in [-0.25, -0.2) is 0 Å². The zero-order valence-corrected chi connectivity index (χ0v) is 15.0. The fourth-order valence-corrected chi connectivity index (χ4v) is 3.77. The van der Waals surface area contributed by atoms with Gasteiger partial charge in [0.15, 0.2) is 11.5 Å². The number of ether oxygens (including phenoxy) is 2. The van der Waals surface area contributed by atoms with E-state index in [1.54, 1.807) is 0 Å². The fraction of sp³-hybridized carbons (Fsp3) is 0.611. The monoisotopic (exact) mass is 349 g/mol. The number of hydrogen-bond acceptors (Lipinski definition) is 6. The SMILES string of the molecule is CC(N)CC(C)NC(C)N1Cc2cc3c(cc2CC1C(=O)O)OCO3. The van der Waals surface area contributed by atoms with Crippen molar-refractivity contribution in [3.05, 3.63) is 23.3 Å². The lowest BCUT2D eigenvalue weighted by Crippen LogP contribution is -2.56. The molecule has 138 valence electrons. The van der Waals surface area contributed by atoms with E-state index in [1.807, 2.05) is 30.9 Å². The number of carbonyl (C=O) groups is 1. The van der Waals surface area contributed by atoms with E-state index in [1.165, 1.54) is 0 Å². The average Bonchev–Trinajstić information content (AvgIpc) is 2.97. The number of hydrogen-bond donors (Lipinski definition) is 3. The summed E-state index contributed by atoms with van der Waals surface area (Å²) in [7, 11) is 0. The summed E-state index contributed by atoms with van der Waals surface area (Å²) in [5.41, 5.74) is 7.97.